The van der Waals surface area contributed by atoms with Crippen LogP contribution in [0.25, 0.3) is 10.8 Å². The van der Waals surface area contributed by atoms with Gasteiger partial charge in [0.15, 0.2) is 0 Å². The molecule has 0 bridgehead atoms. The molecule has 1 fully saturated rings. The van der Waals surface area contributed by atoms with E-state index in [1.807, 2.05) is 36.4 Å². The molecule has 1 N–H and O–H groups in total. The van der Waals surface area contributed by atoms with Gasteiger partial charge in [0.25, 0.3) is 5.91 Å². The molecule has 0 aliphatic carbocycles. The SMILES string of the molecule is C=C1N(CCC(=O)OCC)c2ccc3c(NC(=O)CN4C(=O)/C(=C\C=C5/N(CCC(C)C)c6ccccc6C5(C)C)SC4=S)cccc3c2C1(C)C. The number of thiocarbonyl (C=S) groups is 1. The monoisotopic (exact) mass is 736 g/mol. The number of carbonyl (C=O) groups excluding carboxylic acids is 3. The van der Waals surface area contributed by atoms with Crippen molar-refractivity contribution < 1.29 is 19.1 Å². The number of benzene rings is 3. The van der Waals surface area contributed by atoms with Crippen LogP contribution in [-0.2, 0) is 30.0 Å². The van der Waals surface area contributed by atoms with Crippen LogP contribution in [0.2, 0.25) is 0 Å². The minimum atomic E-state index is -0.405. The van der Waals surface area contributed by atoms with Crippen LogP contribution in [0.4, 0.5) is 17.1 Å². The number of nitrogens with one attached hydrogen (secondary N) is 1. The molecule has 3 aromatic carbocycles. The Balaban J connectivity index is 1.20. The number of carbonyl (C=O) groups is 3. The summed E-state index contributed by atoms with van der Waals surface area (Å²) in [5.74, 6) is -0.298. The van der Waals surface area contributed by atoms with Gasteiger partial charge in [-0.1, -0.05) is 108 Å². The third-order valence-electron chi connectivity index (χ3n) is 10.4. The van der Waals surface area contributed by atoms with Crippen molar-refractivity contribution in [3.63, 3.8) is 0 Å². The molecule has 0 saturated carbocycles. The average Bonchev–Trinajstić information content (AvgIpc) is 3.57. The molecular formula is C42H48N4O4S2. The Hall–Kier alpha value is -4.41. The van der Waals surface area contributed by atoms with Gasteiger partial charge in [-0.25, -0.2) is 0 Å². The minimum Gasteiger partial charge on any atom is -0.466 e. The zero-order valence-corrected chi connectivity index (χ0v) is 32.8. The van der Waals surface area contributed by atoms with Crippen LogP contribution in [-0.4, -0.2) is 53.2 Å². The van der Waals surface area contributed by atoms with Crippen LogP contribution in [0.3, 0.4) is 0 Å². The summed E-state index contributed by atoms with van der Waals surface area (Å²) in [6.07, 6.45) is 5.21. The first kappa shape index (κ1) is 37.4. The molecule has 0 spiro atoms. The van der Waals surface area contributed by atoms with Crippen LogP contribution >= 0.6 is 24.0 Å². The maximum absolute atomic E-state index is 13.7. The summed E-state index contributed by atoms with van der Waals surface area (Å²) in [5, 5.41) is 4.92. The lowest BCUT2D eigenvalue weighted by Crippen LogP contribution is -2.36. The van der Waals surface area contributed by atoms with Crippen molar-refractivity contribution in [3.8, 4) is 0 Å². The van der Waals surface area contributed by atoms with Gasteiger partial charge < -0.3 is 19.9 Å². The summed E-state index contributed by atoms with van der Waals surface area (Å²) < 4.78 is 5.52. The Morgan fingerprint density at radius 1 is 0.923 bits per heavy atom. The second-order valence-electron chi connectivity index (χ2n) is 15.0. The summed E-state index contributed by atoms with van der Waals surface area (Å²) >= 11 is 6.85. The molecule has 0 atom stereocenters. The van der Waals surface area contributed by atoms with Crippen LogP contribution in [0.15, 0.2) is 89.6 Å². The molecule has 272 valence electrons. The summed E-state index contributed by atoms with van der Waals surface area (Å²) in [5.41, 5.74) is 6.58. The Bertz CT molecular complexity index is 2050. The highest BCUT2D eigenvalue weighted by atomic mass is 32.2. The quantitative estimate of drug-likeness (QED) is 0.119. The van der Waals surface area contributed by atoms with Gasteiger partial charge >= 0.3 is 5.97 Å². The lowest BCUT2D eigenvalue weighted by Gasteiger charge is -2.27. The molecule has 0 aromatic heterocycles. The second kappa shape index (κ2) is 14.5. The van der Waals surface area contributed by atoms with Gasteiger partial charge in [-0.15, -0.1) is 0 Å². The van der Waals surface area contributed by atoms with E-state index in [9.17, 15) is 14.4 Å². The fourth-order valence-electron chi connectivity index (χ4n) is 7.56. The van der Waals surface area contributed by atoms with E-state index in [4.69, 9.17) is 17.0 Å². The van der Waals surface area contributed by atoms with Crippen LogP contribution in [0.5, 0.6) is 0 Å². The number of nitrogens with zero attached hydrogens (tertiary/aromatic N) is 3. The Labute approximate surface area is 316 Å². The molecule has 2 amide bonds. The number of fused-ring (bicyclic) bond motifs is 4. The topological polar surface area (TPSA) is 82.2 Å². The fourth-order valence-corrected chi connectivity index (χ4v) is 8.76. The van der Waals surface area contributed by atoms with Crippen molar-refractivity contribution in [1.29, 1.82) is 0 Å². The molecule has 0 unspecified atom stereocenters. The van der Waals surface area contributed by atoms with Crippen molar-refractivity contribution in [1.82, 2.24) is 4.90 Å². The number of hydrogen-bond donors (Lipinski definition) is 1. The summed E-state index contributed by atoms with van der Waals surface area (Å²) in [6.45, 7) is 20.8. The predicted octanol–water partition coefficient (Wildman–Crippen LogP) is 8.81. The number of thioether (sulfide) groups is 1. The number of rotatable bonds is 11. The zero-order chi connectivity index (χ0) is 37.5. The van der Waals surface area contributed by atoms with E-state index in [1.54, 1.807) is 6.92 Å². The van der Waals surface area contributed by atoms with Crippen LogP contribution in [0, 0.1) is 5.92 Å². The Morgan fingerprint density at radius 2 is 1.67 bits per heavy atom. The molecule has 3 aromatic rings. The molecule has 0 radical (unpaired) electrons. The van der Waals surface area contributed by atoms with E-state index < -0.39 is 5.41 Å². The number of ether oxygens (including phenoxy) is 1. The lowest BCUT2D eigenvalue weighted by molar-refractivity contribution is -0.142. The van der Waals surface area contributed by atoms with Crippen molar-refractivity contribution in [2.45, 2.75) is 72.1 Å². The van der Waals surface area contributed by atoms with E-state index in [0.717, 1.165) is 46.4 Å². The molecule has 3 aliphatic heterocycles. The minimum absolute atomic E-state index is 0.193. The van der Waals surface area contributed by atoms with Gasteiger partial charge in [0.2, 0.25) is 5.91 Å². The summed E-state index contributed by atoms with van der Waals surface area (Å²) in [4.78, 5) is 45.7. The maximum Gasteiger partial charge on any atom is 0.307 e. The first-order valence-electron chi connectivity index (χ1n) is 18.0. The van der Waals surface area contributed by atoms with Gasteiger partial charge in [-0.05, 0) is 66.1 Å². The van der Waals surface area contributed by atoms with Crippen molar-refractivity contribution in [3.05, 3.63) is 101 Å². The molecule has 52 heavy (non-hydrogen) atoms. The third kappa shape index (κ3) is 6.78. The highest BCUT2D eigenvalue weighted by Crippen LogP contribution is 2.51. The van der Waals surface area contributed by atoms with E-state index >= 15 is 0 Å². The molecule has 6 rings (SSSR count). The average molecular weight is 737 g/mol. The predicted molar refractivity (Wildman–Crippen MR) is 218 cm³/mol. The normalized spacial score (nSPS) is 19.0. The molecule has 3 heterocycles. The number of allylic oxidation sites excluding steroid dienone is 4. The largest absolute Gasteiger partial charge is 0.466 e. The van der Waals surface area contributed by atoms with Gasteiger partial charge in [0, 0.05) is 57.8 Å². The molecular weight excluding hydrogens is 689 g/mol. The smallest absolute Gasteiger partial charge is 0.307 e. The van der Waals surface area contributed by atoms with Gasteiger partial charge in [-0.2, -0.15) is 0 Å². The number of esters is 1. The number of amides is 2. The Morgan fingerprint density at radius 3 is 2.40 bits per heavy atom. The number of hydrogen-bond acceptors (Lipinski definition) is 8. The van der Waals surface area contributed by atoms with E-state index in [2.05, 4.69) is 93.6 Å². The summed E-state index contributed by atoms with van der Waals surface area (Å²) in [6, 6.07) is 18.3. The third-order valence-corrected chi connectivity index (χ3v) is 11.8. The molecule has 3 aliphatic rings. The fraction of sp³-hybridized carbons (Fsp3) is 0.381. The maximum atomic E-state index is 13.7. The zero-order valence-electron chi connectivity index (χ0n) is 31.2. The van der Waals surface area contributed by atoms with Crippen molar-refractivity contribution in [2.24, 2.45) is 5.92 Å². The van der Waals surface area contributed by atoms with Crippen LogP contribution < -0.4 is 15.1 Å². The van der Waals surface area contributed by atoms with Crippen molar-refractivity contribution >= 4 is 73.9 Å². The summed E-state index contributed by atoms with van der Waals surface area (Å²) in [7, 11) is 0. The number of anilines is 3. The Kier molecular flexibility index (Phi) is 10.4. The van der Waals surface area contributed by atoms with Gasteiger partial charge in [-0.3, -0.25) is 19.3 Å². The van der Waals surface area contributed by atoms with Crippen molar-refractivity contribution in [2.75, 3.05) is 41.4 Å². The molecule has 1 saturated heterocycles. The van der Waals surface area contributed by atoms with Crippen LogP contribution in [0.1, 0.15) is 72.4 Å². The van der Waals surface area contributed by atoms with Gasteiger partial charge in [0.1, 0.15) is 10.9 Å². The number of para-hydroxylation sites is 1. The molecule has 10 heteroatoms. The first-order chi connectivity index (χ1) is 24.7. The standard InChI is InChI=1S/C42H48N4O4S2/c1-9-50-37(48)22-24-44-27(4)41(5,6)38-29-13-12-15-31(28(29)17-18-33(38)44)43-36(47)25-46-39(49)34(52-40(46)51)19-20-35-42(7,8)30-14-10-11-16-32(30)45(35)23-21-26(2)3/h10-20,26H,4,9,21-25H2,1-3,5-8H3,(H,43,47)/b34-19+,35-20-. The van der Waals surface area contributed by atoms with E-state index in [0.29, 0.717) is 34.0 Å². The first-order valence-corrected chi connectivity index (χ1v) is 19.2. The lowest BCUT2D eigenvalue weighted by atomic mass is 9.81. The van der Waals surface area contributed by atoms with Gasteiger partial charge in [0.05, 0.1) is 17.9 Å². The molecule has 8 nitrogen and oxygen atoms in total. The van der Waals surface area contributed by atoms with E-state index in [-0.39, 0.29) is 36.2 Å². The second-order valence-corrected chi connectivity index (χ2v) is 16.7. The highest BCUT2D eigenvalue weighted by Gasteiger charge is 2.42. The highest BCUT2D eigenvalue weighted by molar-refractivity contribution is 8.26. The van der Waals surface area contributed by atoms with E-state index in [1.165, 1.54) is 27.9 Å².